The maximum atomic E-state index is 13.2. The number of hydrogen-bond donors (Lipinski definition) is 1. The van der Waals surface area contributed by atoms with E-state index in [4.69, 9.17) is 11.6 Å². The summed E-state index contributed by atoms with van der Waals surface area (Å²) in [5.41, 5.74) is 0.691. The van der Waals surface area contributed by atoms with Gasteiger partial charge in [0.1, 0.15) is 11.6 Å². The second-order valence-electron chi connectivity index (χ2n) is 4.63. The van der Waals surface area contributed by atoms with Crippen LogP contribution < -0.4 is 5.32 Å². The number of hydrogen-bond acceptors (Lipinski definition) is 2. The Morgan fingerprint density at radius 2 is 2.29 bits per heavy atom. The first-order valence-corrected chi connectivity index (χ1v) is 6.13. The number of halogens is 2. The number of Topliss-reactive ketones (excluding diaryl/α,β-unsaturated/α-hetero) is 1. The summed E-state index contributed by atoms with van der Waals surface area (Å²) in [6.45, 7) is 3.67. The number of nitrogens with one attached hydrogen (secondary N) is 1. The van der Waals surface area contributed by atoms with Crippen LogP contribution in [0.25, 0.3) is 0 Å². The second kappa shape index (κ2) is 5.15. The van der Waals surface area contributed by atoms with Gasteiger partial charge in [-0.05, 0) is 30.2 Å². The van der Waals surface area contributed by atoms with Crippen LogP contribution in [0, 0.1) is 17.7 Å². The van der Waals surface area contributed by atoms with Crippen molar-refractivity contribution in [1.29, 1.82) is 0 Å². The van der Waals surface area contributed by atoms with E-state index in [1.54, 1.807) is 6.07 Å². The molecule has 1 fully saturated rings. The second-order valence-corrected chi connectivity index (χ2v) is 5.04. The lowest BCUT2D eigenvalue weighted by molar-refractivity contribution is -0.122. The van der Waals surface area contributed by atoms with E-state index < -0.39 is 5.82 Å². The molecule has 0 aliphatic carbocycles. The zero-order chi connectivity index (χ0) is 12.4. The van der Waals surface area contributed by atoms with Gasteiger partial charge in [-0.2, -0.15) is 0 Å². The molecule has 92 valence electrons. The first-order valence-electron chi connectivity index (χ1n) is 5.75. The van der Waals surface area contributed by atoms with Crippen LogP contribution in [-0.4, -0.2) is 18.9 Å². The lowest BCUT2D eigenvalue weighted by atomic mass is 9.90. The molecule has 1 aliphatic rings. The highest BCUT2D eigenvalue weighted by Gasteiger charge is 2.29. The highest BCUT2D eigenvalue weighted by Crippen LogP contribution is 2.21. The lowest BCUT2D eigenvalue weighted by Crippen LogP contribution is -2.23. The number of ketones is 1. The summed E-state index contributed by atoms with van der Waals surface area (Å²) in [4.78, 5) is 12.0. The van der Waals surface area contributed by atoms with Crippen molar-refractivity contribution in [3.8, 4) is 0 Å². The summed E-state index contributed by atoms with van der Waals surface area (Å²) < 4.78 is 13.2. The summed E-state index contributed by atoms with van der Waals surface area (Å²) in [5.74, 6) is 0.118. The van der Waals surface area contributed by atoms with E-state index in [-0.39, 0.29) is 23.1 Å². The van der Waals surface area contributed by atoms with Crippen molar-refractivity contribution in [3.05, 3.63) is 34.6 Å². The Morgan fingerprint density at radius 1 is 1.53 bits per heavy atom. The van der Waals surface area contributed by atoms with E-state index >= 15 is 0 Å². The molecule has 1 aromatic carbocycles. The van der Waals surface area contributed by atoms with E-state index in [0.717, 1.165) is 13.1 Å². The lowest BCUT2D eigenvalue weighted by Gasteiger charge is -2.12. The van der Waals surface area contributed by atoms with E-state index in [0.29, 0.717) is 11.5 Å². The molecule has 0 saturated carbocycles. The first kappa shape index (κ1) is 12.5. The predicted octanol–water partition coefficient (Wildman–Crippen LogP) is 2.45. The summed E-state index contributed by atoms with van der Waals surface area (Å²) in [7, 11) is 0. The van der Waals surface area contributed by atoms with Crippen LogP contribution in [0.15, 0.2) is 18.2 Å². The summed E-state index contributed by atoms with van der Waals surface area (Å²) >= 11 is 5.60. The van der Waals surface area contributed by atoms with Crippen LogP contribution in [0.2, 0.25) is 5.02 Å². The van der Waals surface area contributed by atoms with Gasteiger partial charge in [-0.3, -0.25) is 4.79 Å². The average molecular weight is 256 g/mol. The maximum absolute atomic E-state index is 13.2. The summed E-state index contributed by atoms with van der Waals surface area (Å²) in [6, 6.07) is 4.54. The van der Waals surface area contributed by atoms with Crippen molar-refractivity contribution in [1.82, 2.24) is 5.32 Å². The predicted molar refractivity (Wildman–Crippen MR) is 65.6 cm³/mol. The fourth-order valence-corrected chi connectivity index (χ4v) is 2.34. The molecule has 0 spiro atoms. The van der Waals surface area contributed by atoms with Gasteiger partial charge in [0.2, 0.25) is 0 Å². The van der Waals surface area contributed by atoms with E-state index in [1.165, 1.54) is 12.1 Å². The Balaban J connectivity index is 2.05. The Bertz CT molecular complexity index is 435. The van der Waals surface area contributed by atoms with Gasteiger partial charge in [0.25, 0.3) is 0 Å². The van der Waals surface area contributed by atoms with E-state index in [1.807, 2.05) is 0 Å². The highest BCUT2D eigenvalue weighted by atomic mass is 35.5. The van der Waals surface area contributed by atoms with Crippen LogP contribution in [0.3, 0.4) is 0 Å². The fraction of sp³-hybridized carbons (Fsp3) is 0.462. The number of carbonyl (C=O) groups excluding carboxylic acids is 1. The molecule has 0 aromatic heterocycles. The minimum Gasteiger partial charge on any atom is -0.316 e. The molecule has 2 unspecified atom stereocenters. The average Bonchev–Trinajstić information content (AvgIpc) is 2.70. The Kier molecular flexibility index (Phi) is 3.79. The van der Waals surface area contributed by atoms with Crippen LogP contribution in [0.4, 0.5) is 4.39 Å². The molecule has 1 aromatic rings. The molecule has 1 N–H and O–H groups in total. The third kappa shape index (κ3) is 2.85. The smallest absolute Gasteiger partial charge is 0.142 e. The largest absolute Gasteiger partial charge is 0.316 e. The van der Waals surface area contributed by atoms with Crippen LogP contribution in [0.1, 0.15) is 12.5 Å². The van der Waals surface area contributed by atoms with Crippen LogP contribution >= 0.6 is 11.6 Å². The van der Waals surface area contributed by atoms with Gasteiger partial charge in [-0.15, -0.1) is 0 Å². The molecule has 1 saturated heterocycles. The maximum Gasteiger partial charge on any atom is 0.142 e. The van der Waals surface area contributed by atoms with Crippen molar-refractivity contribution in [2.24, 2.45) is 11.8 Å². The third-order valence-electron chi connectivity index (χ3n) is 3.29. The van der Waals surface area contributed by atoms with Gasteiger partial charge in [-0.25, -0.2) is 4.39 Å². The quantitative estimate of drug-likeness (QED) is 0.899. The standard InChI is InChI=1S/C13H15ClFNO/c1-8-6-16-7-10(8)13(17)5-9-2-3-11(14)12(15)4-9/h2-4,8,10,16H,5-7H2,1H3. The molecular weight excluding hydrogens is 241 g/mol. The molecule has 1 heterocycles. The third-order valence-corrected chi connectivity index (χ3v) is 3.60. The van der Waals surface area contributed by atoms with Gasteiger partial charge < -0.3 is 5.32 Å². The zero-order valence-corrected chi connectivity index (χ0v) is 10.4. The van der Waals surface area contributed by atoms with Crippen molar-refractivity contribution in [3.63, 3.8) is 0 Å². The SMILES string of the molecule is CC1CNCC1C(=O)Cc1ccc(Cl)c(F)c1. The molecule has 0 radical (unpaired) electrons. The van der Waals surface area contributed by atoms with Gasteiger partial charge in [0, 0.05) is 18.9 Å². The monoisotopic (exact) mass is 255 g/mol. The first-order chi connectivity index (χ1) is 8.08. The minimum absolute atomic E-state index is 0.0498. The van der Waals surface area contributed by atoms with Gasteiger partial charge in [0.05, 0.1) is 5.02 Å². The topological polar surface area (TPSA) is 29.1 Å². The molecule has 2 nitrogen and oxygen atoms in total. The molecule has 2 rings (SSSR count). The zero-order valence-electron chi connectivity index (χ0n) is 9.67. The van der Waals surface area contributed by atoms with E-state index in [2.05, 4.69) is 12.2 Å². The number of rotatable bonds is 3. The van der Waals surface area contributed by atoms with Crippen molar-refractivity contribution in [2.75, 3.05) is 13.1 Å². The van der Waals surface area contributed by atoms with Crippen LogP contribution in [0.5, 0.6) is 0 Å². The number of carbonyl (C=O) groups is 1. The molecular formula is C13H15ClFNO. The Hall–Kier alpha value is -0.930. The summed E-state index contributed by atoms with van der Waals surface area (Å²) in [5, 5.41) is 3.29. The molecule has 1 aliphatic heterocycles. The number of benzene rings is 1. The van der Waals surface area contributed by atoms with Gasteiger partial charge in [0.15, 0.2) is 0 Å². The van der Waals surface area contributed by atoms with E-state index in [9.17, 15) is 9.18 Å². The van der Waals surface area contributed by atoms with Crippen molar-refractivity contribution in [2.45, 2.75) is 13.3 Å². The van der Waals surface area contributed by atoms with Gasteiger partial charge in [-0.1, -0.05) is 24.6 Å². The molecule has 17 heavy (non-hydrogen) atoms. The molecule has 4 heteroatoms. The summed E-state index contributed by atoms with van der Waals surface area (Å²) in [6.07, 6.45) is 0.283. The van der Waals surface area contributed by atoms with Gasteiger partial charge >= 0.3 is 0 Å². The van der Waals surface area contributed by atoms with Crippen LogP contribution in [-0.2, 0) is 11.2 Å². The normalized spacial score (nSPS) is 23.9. The molecule has 0 amide bonds. The highest BCUT2D eigenvalue weighted by molar-refractivity contribution is 6.30. The fourth-order valence-electron chi connectivity index (χ4n) is 2.22. The molecule has 2 atom stereocenters. The van der Waals surface area contributed by atoms with Crippen molar-refractivity contribution >= 4 is 17.4 Å². The minimum atomic E-state index is -0.463. The Labute approximate surface area is 105 Å². The van der Waals surface area contributed by atoms with Crippen molar-refractivity contribution < 1.29 is 9.18 Å². The molecule has 0 bridgehead atoms. The Morgan fingerprint density at radius 3 is 2.88 bits per heavy atom.